The minimum absolute atomic E-state index is 0.0172. The van der Waals surface area contributed by atoms with E-state index in [-0.39, 0.29) is 17.2 Å². The average molecular weight is 297 g/mol. The standard InChI is InChI=1S/C18H19NOS/c1-13-7-9-15(10-8-13)18(14-5-3-2-4-6-14)19-12-16(21)11-17(19)20/h2-10,16,18,21H,11-12H2,1H3. The third-order valence-corrected chi connectivity index (χ3v) is 4.30. The van der Waals surface area contributed by atoms with Gasteiger partial charge in [0.2, 0.25) is 5.91 Å². The van der Waals surface area contributed by atoms with Gasteiger partial charge in [-0.15, -0.1) is 0 Å². The van der Waals surface area contributed by atoms with Crippen LogP contribution in [0.15, 0.2) is 54.6 Å². The van der Waals surface area contributed by atoms with Crippen LogP contribution in [0.2, 0.25) is 0 Å². The first kappa shape index (κ1) is 14.2. The molecule has 0 bridgehead atoms. The molecule has 1 fully saturated rings. The molecule has 1 saturated heterocycles. The minimum atomic E-state index is -0.0172. The van der Waals surface area contributed by atoms with Crippen molar-refractivity contribution in [1.29, 1.82) is 0 Å². The van der Waals surface area contributed by atoms with Gasteiger partial charge in [-0.25, -0.2) is 0 Å². The molecule has 1 amide bonds. The van der Waals surface area contributed by atoms with E-state index in [1.807, 2.05) is 23.1 Å². The number of rotatable bonds is 3. The molecular weight excluding hydrogens is 278 g/mol. The number of thiol groups is 1. The summed E-state index contributed by atoms with van der Waals surface area (Å²) in [6.45, 7) is 2.78. The molecular formula is C18H19NOS. The van der Waals surface area contributed by atoms with Crippen molar-refractivity contribution in [3.63, 3.8) is 0 Å². The molecule has 0 aromatic heterocycles. The molecule has 3 rings (SSSR count). The maximum absolute atomic E-state index is 12.3. The lowest BCUT2D eigenvalue weighted by Crippen LogP contribution is -2.31. The maximum atomic E-state index is 12.3. The predicted octanol–water partition coefficient (Wildman–Crippen LogP) is 3.62. The quantitative estimate of drug-likeness (QED) is 0.858. The number of carbonyl (C=O) groups is 1. The first-order valence-corrected chi connectivity index (χ1v) is 7.76. The average Bonchev–Trinajstić information content (AvgIpc) is 2.81. The van der Waals surface area contributed by atoms with Crippen molar-refractivity contribution in [1.82, 2.24) is 4.90 Å². The lowest BCUT2D eigenvalue weighted by Gasteiger charge is -2.29. The summed E-state index contributed by atoms with van der Waals surface area (Å²) in [6.07, 6.45) is 0.526. The molecule has 1 aliphatic rings. The Morgan fingerprint density at radius 2 is 1.67 bits per heavy atom. The van der Waals surface area contributed by atoms with E-state index in [1.165, 1.54) is 5.56 Å². The maximum Gasteiger partial charge on any atom is 0.224 e. The summed E-state index contributed by atoms with van der Waals surface area (Å²) >= 11 is 4.48. The van der Waals surface area contributed by atoms with Gasteiger partial charge in [0.25, 0.3) is 0 Å². The first-order chi connectivity index (χ1) is 10.1. The molecule has 0 N–H and O–H groups in total. The van der Waals surface area contributed by atoms with E-state index >= 15 is 0 Å². The van der Waals surface area contributed by atoms with Crippen molar-refractivity contribution in [2.24, 2.45) is 0 Å². The topological polar surface area (TPSA) is 20.3 Å². The van der Waals surface area contributed by atoms with Crippen LogP contribution in [0.4, 0.5) is 0 Å². The van der Waals surface area contributed by atoms with Gasteiger partial charge in [0, 0.05) is 18.2 Å². The number of likely N-dealkylation sites (tertiary alicyclic amines) is 1. The van der Waals surface area contributed by atoms with Gasteiger partial charge in [-0.3, -0.25) is 4.79 Å². The number of carbonyl (C=O) groups excluding carboxylic acids is 1. The number of amides is 1. The van der Waals surface area contributed by atoms with Crippen molar-refractivity contribution in [2.45, 2.75) is 24.6 Å². The molecule has 1 aliphatic heterocycles. The summed E-state index contributed by atoms with van der Waals surface area (Å²) in [5, 5.41) is 0.133. The highest BCUT2D eigenvalue weighted by atomic mass is 32.1. The molecule has 21 heavy (non-hydrogen) atoms. The van der Waals surface area contributed by atoms with Crippen molar-refractivity contribution >= 4 is 18.5 Å². The van der Waals surface area contributed by atoms with Crippen molar-refractivity contribution in [3.8, 4) is 0 Å². The Morgan fingerprint density at radius 3 is 2.24 bits per heavy atom. The van der Waals surface area contributed by atoms with E-state index in [1.54, 1.807) is 0 Å². The molecule has 0 aliphatic carbocycles. The molecule has 0 radical (unpaired) electrons. The summed E-state index contributed by atoms with van der Waals surface area (Å²) in [7, 11) is 0. The van der Waals surface area contributed by atoms with E-state index in [2.05, 4.69) is 56.0 Å². The Bertz CT molecular complexity index is 623. The summed E-state index contributed by atoms with van der Waals surface area (Å²) in [5.74, 6) is 0.185. The van der Waals surface area contributed by atoms with E-state index in [9.17, 15) is 4.79 Å². The molecule has 2 aromatic carbocycles. The number of aryl methyl sites for hydroxylation is 1. The Hall–Kier alpha value is -1.74. The molecule has 108 valence electrons. The van der Waals surface area contributed by atoms with Gasteiger partial charge in [-0.1, -0.05) is 60.2 Å². The van der Waals surface area contributed by atoms with Crippen LogP contribution in [0.5, 0.6) is 0 Å². The van der Waals surface area contributed by atoms with Crippen molar-refractivity contribution < 1.29 is 4.79 Å². The van der Waals surface area contributed by atoms with Gasteiger partial charge in [0.1, 0.15) is 0 Å². The zero-order valence-corrected chi connectivity index (χ0v) is 13.0. The second-order valence-electron chi connectivity index (χ2n) is 5.63. The fourth-order valence-corrected chi connectivity index (χ4v) is 3.23. The molecule has 2 unspecified atom stereocenters. The lowest BCUT2D eigenvalue weighted by molar-refractivity contribution is -0.129. The summed E-state index contributed by atoms with van der Waals surface area (Å²) < 4.78 is 0. The monoisotopic (exact) mass is 297 g/mol. The van der Waals surface area contributed by atoms with Gasteiger partial charge < -0.3 is 4.90 Å². The van der Waals surface area contributed by atoms with Crippen LogP contribution >= 0.6 is 12.6 Å². The first-order valence-electron chi connectivity index (χ1n) is 7.24. The molecule has 2 aromatic rings. The predicted molar refractivity (Wildman–Crippen MR) is 88.6 cm³/mol. The Kier molecular flexibility index (Phi) is 4.02. The Labute approximate surface area is 131 Å². The van der Waals surface area contributed by atoms with Crippen LogP contribution in [0.1, 0.15) is 29.2 Å². The number of benzene rings is 2. The SMILES string of the molecule is Cc1ccc(C(c2ccccc2)N2CC(S)CC2=O)cc1. The molecule has 0 spiro atoms. The normalized spacial score (nSPS) is 19.8. The second-order valence-corrected chi connectivity index (χ2v) is 6.36. The largest absolute Gasteiger partial charge is 0.330 e. The smallest absolute Gasteiger partial charge is 0.224 e. The minimum Gasteiger partial charge on any atom is -0.330 e. The fourth-order valence-electron chi connectivity index (χ4n) is 2.90. The van der Waals surface area contributed by atoms with Crippen LogP contribution in [-0.2, 0) is 4.79 Å². The van der Waals surface area contributed by atoms with Crippen LogP contribution < -0.4 is 0 Å². The van der Waals surface area contributed by atoms with E-state index < -0.39 is 0 Å². The summed E-state index contributed by atoms with van der Waals surface area (Å²) in [6, 6.07) is 18.6. The van der Waals surface area contributed by atoms with E-state index in [0.717, 1.165) is 11.1 Å². The van der Waals surface area contributed by atoms with Crippen LogP contribution in [-0.4, -0.2) is 22.6 Å². The van der Waals surface area contributed by atoms with Crippen LogP contribution in [0.3, 0.4) is 0 Å². The Morgan fingerprint density at radius 1 is 1.05 bits per heavy atom. The number of hydrogen-bond acceptors (Lipinski definition) is 2. The van der Waals surface area contributed by atoms with Crippen molar-refractivity contribution in [3.05, 3.63) is 71.3 Å². The lowest BCUT2D eigenvalue weighted by atomic mass is 9.96. The van der Waals surface area contributed by atoms with Crippen LogP contribution in [0, 0.1) is 6.92 Å². The van der Waals surface area contributed by atoms with Gasteiger partial charge in [-0.05, 0) is 18.1 Å². The van der Waals surface area contributed by atoms with Gasteiger partial charge in [-0.2, -0.15) is 12.6 Å². The third-order valence-electron chi connectivity index (χ3n) is 3.96. The Balaban J connectivity index is 2.03. The highest BCUT2D eigenvalue weighted by molar-refractivity contribution is 7.81. The third kappa shape index (κ3) is 2.98. The zero-order chi connectivity index (χ0) is 14.8. The highest BCUT2D eigenvalue weighted by Gasteiger charge is 2.34. The molecule has 2 nitrogen and oxygen atoms in total. The molecule has 2 atom stereocenters. The van der Waals surface area contributed by atoms with E-state index in [4.69, 9.17) is 0 Å². The zero-order valence-electron chi connectivity index (χ0n) is 12.1. The molecule has 3 heteroatoms. The van der Waals surface area contributed by atoms with Crippen molar-refractivity contribution in [2.75, 3.05) is 6.54 Å². The number of nitrogens with zero attached hydrogens (tertiary/aromatic N) is 1. The summed E-state index contributed by atoms with van der Waals surface area (Å²) in [5.41, 5.74) is 3.53. The molecule has 1 heterocycles. The van der Waals surface area contributed by atoms with Gasteiger partial charge in [0.05, 0.1) is 6.04 Å². The second kappa shape index (κ2) is 5.94. The van der Waals surface area contributed by atoms with E-state index in [0.29, 0.717) is 13.0 Å². The summed E-state index contributed by atoms with van der Waals surface area (Å²) in [4.78, 5) is 14.3. The molecule has 0 saturated carbocycles. The van der Waals surface area contributed by atoms with Gasteiger partial charge in [0.15, 0.2) is 0 Å². The van der Waals surface area contributed by atoms with Crippen LogP contribution in [0.25, 0.3) is 0 Å². The highest BCUT2D eigenvalue weighted by Crippen LogP contribution is 2.33. The fraction of sp³-hybridized carbons (Fsp3) is 0.278. The van der Waals surface area contributed by atoms with Gasteiger partial charge >= 0.3 is 0 Å². The number of hydrogen-bond donors (Lipinski definition) is 1.